The van der Waals surface area contributed by atoms with Crippen LogP contribution in [0.3, 0.4) is 0 Å². The highest BCUT2D eigenvalue weighted by Crippen LogP contribution is 2.51. The van der Waals surface area contributed by atoms with E-state index >= 15 is 0 Å². The van der Waals surface area contributed by atoms with Gasteiger partial charge in [0.15, 0.2) is 17.3 Å². The van der Waals surface area contributed by atoms with E-state index in [2.05, 4.69) is 25.6 Å². The summed E-state index contributed by atoms with van der Waals surface area (Å²) < 4.78 is 16.7. The second-order valence-electron chi connectivity index (χ2n) is 10.5. The fraction of sp³-hybridized carbons (Fsp3) is 0.423. The zero-order valence-electron chi connectivity index (χ0n) is 20.0. The first kappa shape index (κ1) is 21.8. The summed E-state index contributed by atoms with van der Waals surface area (Å²) >= 11 is 0. The Morgan fingerprint density at radius 2 is 1.74 bits per heavy atom. The van der Waals surface area contributed by atoms with E-state index < -0.39 is 11.4 Å². The van der Waals surface area contributed by atoms with Crippen molar-refractivity contribution in [2.45, 2.75) is 70.2 Å². The van der Waals surface area contributed by atoms with Crippen molar-refractivity contribution in [2.75, 3.05) is 4.90 Å². The molecule has 2 saturated heterocycles. The minimum absolute atomic E-state index is 0.145. The minimum atomic E-state index is -0.599. The molecule has 0 spiro atoms. The number of piperidine rings is 1. The number of aromatic amines is 1. The molecule has 3 aliphatic heterocycles. The highest BCUT2D eigenvalue weighted by atomic mass is 16.6. The minimum Gasteiger partial charge on any atom is -0.453 e. The Morgan fingerprint density at radius 1 is 1.03 bits per heavy atom. The molecule has 0 radical (unpaired) electrons. The van der Waals surface area contributed by atoms with Crippen molar-refractivity contribution in [3.05, 3.63) is 53.0 Å². The molecule has 2 fully saturated rings. The molecule has 35 heavy (non-hydrogen) atoms. The molecule has 9 nitrogen and oxygen atoms in total. The molecule has 2 bridgehead atoms. The number of aromatic nitrogens is 2. The molecule has 1 amide bonds. The summed E-state index contributed by atoms with van der Waals surface area (Å²) in [7, 11) is 0. The van der Waals surface area contributed by atoms with Gasteiger partial charge in [0.1, 0.15) is 5.60 Å². The number of rotatable bonds is 2. The van der Waals surface area contributed by atoms with Crippen LogP contribution >= 0.6 is 0 Å². The van der Waals surface area contributed by atoms with E-state index in [0.29, 0.717) is 17.1 Å². The van der Waals surface area contributed by atoms with Gasteiger partial charge < -0.3 is 19.3 Å². The van der Waals surface area contributed by atoms with Crippen molar-refractivity contribution in [3.63, 3.8) is 0 Å². The number of hydrogen-bond acceptors (Lipinski definition) is 7. The summed E-state index contributed by atoms with van der Waals surface area (Å²) in [5.41, 5.74) is 2.15. The Hall–Kier alpha value is -3.75. The molecular weight excluding hydrogens is 448 g/mol. The number of nitrogens with one attached hydrogen (secondary N) is 1. The smallest absolute Gasteiger partial charge is 0.439 e. The number of H-pyrrole nitrogens is 1. The summed E-state index contributed by atoms with van der Waals surface area (Å²) in [5, 5.41) is 3.80. The molecule has 1 aromatic heterocycles. The highest BCUT2D eigenvalue weighted by Gasteiger charge is 2.47. The summed E-state index contributed by atoms with van der Waals surface area (Å²) in [4.78, 5) is 31.3. The Bertz CT molecular complexity index is 1330. The summed E-state index contributed by atoms with van der Waals surface area (Å²) in [6, 6.07) is 14.3. The summed E-state index contributed by atoms with van der Waals surface area (Å²) in [5.74, 6) is 1.22. The van der Waals surface area contributed by atoms with Crippen molar-refractivity contribution in [1.82, 2.24) is 15.0 Å². The van der Waals surface area contributed by atoms with Crippen molar-refractivity contribution < 1.29 is 18.8 Å². The Kier molecular flexibility index (Phi) is 4.91. The van der Waals surface area contributed by atoms with Crippen LogP contribution in [0, 0.1) is 0 Å². The first-order valence-corrected chi connectivity index (χ1v) is 12.0. The Labute approximate surface area is 202 Å². The Balaban J connectivity index is 1.34. The number of amides is 1. The van der Waals surface area contributed by atoms with Gasteiger partial charge in [0.05, 0.1) is 11.4 Å². The van der Waals surface area contributed by atoms with Gasteiger partial charge in [-0.15, -0.1) is 0 Å². The largest absolute Gasteiger partial charge is 0.453 e. The lowest BCUT2D eigenvalue weighted by Crippen LogP contribution is -2.53. The predicted octanol–water partition coefficient (Wildman–Crippen LogP) is 5.20. The number of benzene rings is 2. The first-order valence-electron chi connectivity index (χ1n) is 12.0. The van der Waals surface area contributed by atoms with Crippen LogP contribution in [0.15, 0.2) is 51.8 Å². The number of hydrogen-bond donors (Lipinski definition) is 1. The van der Waals surface area contributed by atoms with E-state index in [1.165, 1.54) is 0 Å². The third kappa shape index (κ3) is 3.84. The third-order valence-electron chi connectivity index (χ3n) is 6.96. The topological polar surface area (TPSA) is 101 Å². The summed E-state index contributed by atoms with van der Waals surface area (Å²) in [6.07, 6.45) is 3.46. The van der Waals surface area contributed by atoms with Crippen LogP contribution in [-0.2, 0) is 4.74 Å². The van der Waals surface area contributed by atoms with E-state index in [9.17, 15) is 9.59 Å². The number of fused-ring (bicyclic) bond motifs is 4. The molecule has 2 aromatic carbocycles. The maximum Gasteiger partial charge on any atom is 0.439 e. The Morgan fingerprint density at radius 3 is 2.43 bits per heavy atom. The number of anilines is 2. The zero-order chi connectivity index (χ0) is 24.3. The molecule has 3 aromatic rings. The lowest BCUT2D eigenvalue weighted by molar-refractivity contribution is 0.00613. The van der Waals surface area contributed by atoms with Crippen molar-refractivity contribution >= 4 is 17.5 Å². The maximum absolute atomic E-state index is 13.0. The molecule has 3 aliphatic rings. The standard InChI is InChI=1S/C26H28N4O5/c1-26(2,3)34-25(32)29-16-9-10-17(29)14-18(13-16)30-19-6-4-5-7-21(19)33-22-12-15(8-11-20(22)30)23-27-24(31)35-28-23/h4-8,11-12,16-18H,9-10,13-14H2,1-3H3,(H,27,28,31)/t16-,17+,18-. The van der Waals surface area contributed by atoms with Crippen LogP contribution in [0.25, 0.3) is 11.4 Å². The van der Waals surface area contributed by atoms with E-state index in [4.69, 9.17) is 9.47 Å². The van der Waals surface area contributed by atoms with Gasteiger partial charge in [-0.05, 0) is 76.8 Å². The van der Waals surface area contributed by atoms with Gasteiger partial charge in [-0.1, -0.05) is 17.3 Å². The molecule has 3 atom stereocenters. The van der Waals surface area contributed by atoms with Gasteiger partial charge in [-0.25, -0.2) is 9.59 Å². The number of para-hydroxylation sites is 2. The molecular formula is C26H28N4O5. The lowest BCUT2D eigenvalue weighted by atomic mass is 9.94. The van der Waals surface area contributed by atoms with E-state index in [0.717, 1.165) is 42.8 Å². The highest BCUT2D eigenvalue weighted by molar-refractivity contribution is 5.81. The maximum atomic E-state index is 13.0. The van der Waals surface area contributed by atoms with Crippen LogP contribution in [-0.4, -0.2) is 44.9 Å². The van der Waals surface area contributed by atoms with Gasteiger partial charge in [-0.3, -0.25) is 9.51 Å². The molecule has 6 rings (SSSR count). The molecule has 4 heterocycles. The second kappa shape index (κ2) is 7.90. The van der Waals surface area contributed by atoms with Crippen molar-refractivity contribution in [2.24, 2.45) is 0 Å². The lowest BCUT2D eigenvalue weighted by Gasteiger charge is -2.45. The van der Waals surface area contributed by atoms with Crippen LogP contribution < -0.4 is 15.4 Å². The fourth-order valence-corrected chi connectivity index (χ4v) is 5.65. The fourth-order valence-electron chi connectivity index (χ4n) is 5.65. The molecule has 0 saturated carbocycles. The van der Waals surface area contributed by atoms with Crippen LogP contribution in [0.4, 0.5) is 16.2 Å². The van der Waals surface area contributed by atoms with Crippen molar-refractivity contribution in [3.8, 4) is 22.9 Å². The van der Waals surface area contributed by atoms with Crippen molar-refractivity contribution in [1.29, 1.82) is 0 Å². The molecule has 0 aliphatic carbocycles. The zero-order valence-corrected chi connectivity index (χ0v) is 20.0. The second-order valence-corrected chi connectivity index (χ2v) is 10.5. The van der Waals surface area contributed by atoms with Crippen LogP contribution in [0.1, 0.15) is 46.5 Å². The first-order chi connectivity index (χ1) is 16.8. The van der Waals surface area contributed by atoms with Gasteiger partial charge in [0, 0.05) is 23.7 Å². The SMILES string of the molecule is CC(C)(C)OC(=O)N1[C@@H]2CC[C@H]1C[C@H](N1c3ccccc3Oc3cc(-c4noc(=O)[nH]4)ccc31)C2. The number of carbonyl (C=O) groups excluding carboxylic acids is 1. The van der Waals surface area contributed by atoms with Crippen LogP contribution in [0.2, 0.25) is 0 Å². The molecule has 0 unspecified atom stereocenters. The molecule has 1 N–H and O–H groups in total. The monoisotopic (exact) mass is 476 g/mol. The predicted molar refractivity (Wildman–Crippen MR) is 129 cm³/mol. The molecule has 9 heteroatoms. The van der Waals surface area contributed by atoms with Gasteiger partial charge in [-0.2, -0.15) is 0 Å². The van der Waals surface area contributed by atoms with E-state index in [1.807, 2.05) is 62.1 Å². The average Bonchev–Trinajstić information content (AvgIpc) is 3.36. The number of nitrogens with zero attached hydrogens (tertiary/aromatic N) is 3. The normalized spacial score (nSPS) is 22.9. The number of carbonyl (C=O) groups is 1. The van der Waals surface area contributed by atoms with Gasteiger partial charge in [0.2, 0.25) is 0 Å². The average molecular weight is 477 g/mol. The third-order valence-corrected chi connectivity index (χ3v) is 6.96. The summed E-state index contributed by atoms with van der Waals surface area (Å²) in [6.45, 7) is 5.72. The van der Waals surface area contributed by atoms with E-state index in [1.54, 1.807) is 0 Å². The quantitative estimate of drug-likeness (QED) is 0.542. The van der Waals surface area contributed by atoms with Crippen LogP contribution in [0.5, 0.6) is 11.5 Å². The number of ether oxygens (including phenoxy) is 2. The van der Waals surface area contributed by atoms with E-state index in [-0.39, 0.29) is 24.2 Å². The van der Waals surface area contributed by atoms with Gasteiger partial charge in [0.25, 0.3) is 0 Å². The molecule has 182 valence electrons. The van der Waals surface area contributed by atoms with Gasteiger partial charge >= 0.3 is 11.8 Å².